The van der Waals surface area contributed by atoms with Crippen LogP contribution < -0.4 is 5.73 Å². The minimum Gasteiger partial charge on any atom is -0.480 e. The zero-order chi connectivity index (χ0) is 17.5. The van der Waals surface area contributed by atoms with E-state index in [4.69, 9.17) is 5.73 Å². The first-order valence-corrected chi connectivity index (χ1v) is 7.43. The van der Waals surface area contributed by atoms with E-state index in [1.807, 2.05) is 0 Å². The molecular formula is C18H18N2O4. The largest absolute Gasteiger partial charge is 0.480 e. The third-order valence-electron chi connectivity index (χ3n) is 3.55. The van der Waals surface area contributed by atoms with Crippen LogP contribution in [0.3, 0.4) is 0 Å². The van der Waals surface area contributed by atoms with Crippen molar-refractivity contribution in [1.29, 1.82) is 0 Å². The average Bonchev–Trinajstić information content (AvgIpc) is 2.62. The van der Waals surface area contributed by atoms with E-state index in [2.05, 4.69) is 0 Å². The van der Waals surface area contributed by atoms with Gasteiger partial charge in [-0.05, 0) is 17.7 Å². The van der Waals surface area contributed by atoms with Crippen LogP contribution in [-0.4, -0.2) is 40.4 Å². The summed E-state index contributed by atoms with van der Waals surface area (Å²) in [4.78, 5) is 37.3. The second-order valence-corrected chi connectivity index (χ2v) is 5.18. The van der Waals surface area contributed by atoms with E-state index in [9.17, 15) is 19.5 Å². The molecule has 24 heavy (non-hydrogen) atoms. The van der Waals surface area contributed by atoms with Crippen LogP contribution in [0, 0.1) is 0 Å². The van der Waals surface area contributed by atoms with Crippen LogP contribution >= 0.6 is 0 Å². The standard InChI is InChI=1S/C18H18N2O4/c19-12-16(21)20(17(22)14-9-5-2-6-10-14)15(18(23)24)11-13-7-3-1-4-8-13/h1-10,15H,11-12,19H2,(H,23,24). The maximum Gasteiger partial charge on any atom is 0.327 e. The van der Waals surface area contributed by atoms with Gasteiger partial charge in [-0.1, -0.05) is 48.5 Å². The first-order chi connectivity index (χ1) is 11.5. The molecule has 124 valence electrons. The lowest BCUT2D eigenvalue weighted by molar-refractivity contribution is -0.147. The van der Waals surface area contributed by atoms with Gasteiger partial charge in [0.1, 0.15) is 6.04 Å². The molecule has 0 heterocycles. The molecule has 2 rings (SSSR count). The van der Waals surface area contributed by atoms with Gasteiger partial charge in [-0.2, -0.15) is 0 Å². The van der Waals surface area contributed by atoms with E-state index in [1.54, 1.807) is 48.5 Å². The molecule has 2 amide bonds. The lowest BCUT2D eigenvalue weighted by Crippen LogP contribution is -2.51. The Kier molecular flexibility index (Phi) is 5.81. The van der Waals surface area contributed by atoms with Crippen molar-refractivity contribution in [1.82, 2.24) is 4.90 Å². The highest BCUT2D eigenvalue weighted by molar-refractivity contribution is 6.07. The minimum absolute atomic E-state index is 0.0144. The Morgan fingerprint density at radius 1 is 0.958 bits per heavy atom. The van der Waals surface area contributed by atoms with E-state index in [0.717, 1.165) is 4.90 Å². The molecule has 6 heteroatoms. The number of amides is 2. The Morgan fingerprint density at radius 2 is 1.50 bits per heavy atom. The van der Waals surface area contributed by atoms with Crippen molar-refractivity contribution in [2.45, 2.75) is 12.5 Å². The fourth-order valence-corrected chi connectivity index (χ4v) is 2.37. The first kappa shape index (κ1) is 17.4. The second-order valence-electron chi connectivity index (χ2n) is 5.18. The fourth-order valence-electron chi connectivity index (χ4n) is 2.37. The Morgan fingerprint density at radius 3 is 2.00 bits per heavy atom. The number of rotatable bonds is 6. The van der Waals surface area contributed by atoms with Crippen molar-refractivity contribution in [3.63, 3.8) is 0 Å². The van der Waals surface area contributed by atoms with E-state index >= 15 is 0 Å². The van der Waals surface area contributed by atoms with Crippen LogP contribution in [0.25, 0.3) is 0 Å². The summed E-state index contributed by atoms with van der Waals surface area (Å²) in [5.41, 5.74) is 6.33. The molecule has 0 spiro atoms. The van der Waals surface area contributed by atoms with Gasteiger partial charge in [-0.3, -0.25) is 14.5 Å². The van der Waals surface area contributed by atoms with Gasteiger partial charge in [0.05, 0.1) is 6.54 Å². The molecule has 0 saturated heterocycles. The number of aliphatic carboxylic acids is 1. The van der Waals surface area contributed by atoms with Crippen molar-refractivity contribution < 1.29 is 19.5 Å². The van der Waals surface area contributed by atoms with Gasteiger partial charge in [-0.25, -0.2) is 4.79 Å². The van der Waals surface area contributed by atoms with Crippen LogP contribution in [0.5, 0.6) is 0 Å². The van der Waals surface area contributed by atoms with E-state index in [0.29, 0.717) is 5.56 Å². The van der Waals surface area contributed by atoms with Gasteiger partial charge in [0, 0.05) is 12.0 Å². The molecule has 0 aliphatic rings. The maximum absolute atomic E-state index is 12.7. The zero-order valence-corrected chi connectivity index (χ0v) is 13.0. The maximum atomic E-state index is 12.7. The number of carboxylic acids is 1. The van der Waals surface area contributed by atoms with E-state index < -0.39 is 30.4 Å². The number of carboxylic acid groups (broad SMARTS) is 1. The molecule has 0 bridgehead atoms. The summed E-state index contributed by atoms with van der Waals surface area (Å²) < 4.78 is 0. The monoisotopic (exact) mass is 326 g/mol. The number of imide groups is 1. The number of hydrogen-bond acceptors (Lipinski definition) is 4. The molecule has 0 aliphatic carbocycles. The molecule has 1 atom stereocenters. The number of benzene rings is 2. The lowest BCUT2D eigenvalue weighted by Gasteiger charge is -2.27. The molecule has 0 aliphatic heterocycles. The molecule has 2 aromatic carbocycles. The summed E-state index contributed by atoms with van der Waals surface area (Å²) in [5, 5.41) is 9.56. The Balaban J connectivity index is 2.38. The normalized spacial score (nSPS) is 11.5. The molecule has 0 fully saturated rings. The van der Waals surface area contributed by atoms with Crippen molar-refractivity contribution in [2.75, 3.05) is 6.54 Å². The third kappa shape index (κ3) is 4.05. The topological polar surface area (TPSA) is 101 Å². The summed E-state index contributed by atoms with van der Waals surface area (Å²) in [5.74, 6) is -2.66. The van der Waals surface area contributed by atoms with Crippen LogP contribution in [0.1, 0.15) is 15.9 Å². The zero-order valence-electron chi connectivity index (χ0n) is 13.0. The summed E-state index contributed by atoms with van der Waals surface area (Å²) in [6, 6.07) is 15.6. The van der Waals surface area contributed by atoms with Gasteiger partial charge in [0.15, 0.2) is 0 Å². The number of nitrogens with zero attached hydrogens (tertiary/aromatic N) is 1. The van der Waals surface area contributed by atoms with Gasteiger partial charge in [0.25, 0.3) is 5.91 Å². The van der Waals surface area contributed by atoms with Crippen LogP contribution in [0.4, 0.5) is 0 Å². The van der Waals surface area contributed by atoms with Gasteiger partial charge in [0.2, 0.25) is 5.91 Å². The summed E-state index contributed by atoms with van der Waals surface area (Å²) in [6.45, 7) is -0.447. The number of hydrogen-bond donors (Lipinski definition) is 2. The number of nitrogens with two attached hydrogens (primary N) is 1. The summed E-state index contributed by atoms with van der Waals surface area (Å²) >= 11 is 0. The lowest BCUT2D eigenvalue weighted by atomic mass is 10.0. The summed E-state index contributed by atoms with van der Waals surface area (Å²) in [6.07, 6.45) is 0.0144. The quantitative estimate of drug-likeness (QED) is 0.833. The fraction of sp³-hybridized carbons (Fsp3) is 0.167. The van der Waals surface area contributed by atoms with Crippen LogP contribution in [0.15, 0.2) is 60.7 Å². The molecule has 0 aromatic heterocycles. The predicted molar refractivity (Wildman–Crippen MR) is 88.2 cm³/mol. The van der Waals surface area contributed by atoms with E-state index in [-0.39, 0.29) is 12.0 Å². The second kappa shape index (κ2) is 8.03. The minimum atomic E-state index is -1.32. The van der Waals surface area contributed by atoms with E-state index in [1.165, 1.54) is 12.1 Å². The molecule has 0 saturated carbocycles. The predicted octanol–water partition coefficient (Wildman–Crippen LogP) is 1.31. The van der Waals surface area contributed by atoms with Gasteiger partial charge in [-0.15, -0.1) is 0 Å². The van der Waals surface area contributed by atoms with Crippen molar-refractivity contribution in [3.05, 3.63) is 71.8 Å². The van der Waals surface area contributed by atoms with Crippen molar-refractivity contribution in [3.8, 4) is 0 Å². The molecule has 2 aromatic rings. The molecule has 6 nitrogen and oxygen atoms in total. The van der Waals surface area contributed by atoms with Crippen molar-refractivity contribution in [2.24, 2.45) is 5.73 Å². The van der Waals surface area contributed by atoms with Crippen LogP contribution in [0.2, 0.25) is 0 Å². The first-order valence-electron chi connectivity index (χ1n) is 7.43. The Bertz CT molecular complexity index is 716. The SMILES string of the molecule is NCC(=O)N(C(=O)c1ccccc1)C(Cc1ccccc1)C(=O)O. The van der Waals surface area contributed by atoms with Gasteiger partial charge < -0.3 is 10.8 Å². The smallest absolute Gasteiger partial charge is 0.327 e. The highest BCUT2D eigenvalue weighted by atomic mass is 16.4. The summed E-state index contributed by atoms with van der Waals surface area (Å²) in [7, 11) is 0. The Hall–Kier alpha value is -2.99. The van der Waals surface area contributed by atoms with Crippen molar-refractivity contribution >= 4 is 17.8 Å². The molecular weight excluding hydrogens is 308 g/mol. The molecule has 0 radical (unpaired) electrons. The highest BCUT2D eigenvalue weighted by Crippen LogP contribution is 2.14. The van der Waals surface area contributed by atoms with Gasteiger partial charge >= 0.3 is 5.97 Å². The highest BCUT2D eigenvalue weighted by Gasteiger charge is 2.34. The number of carbonyl (C=O) groups is 3. The number of carbonyl (C=O) groups excluding carboxylic acids is 2. The third-order valence-corrected chi connectivity index (χ3v) is 3.55. The molecule has 3 N–H and O–H groups in total. The molecule has 1 unspecified atom stereocenters. The Labute approximate surface area is 139 Å². The van der Waals surface area contributed by atoms with Crippen LogP contribution in [-0.2, 0) is 16.0 Å². The average molecular weight is 326 g/mol.